The molecule has 0 atom stereocenters. The number of rotatable bonds is 7. The number of hydrogen-bond acceptors (Lipinski definition) is 2. The molecule has 0 radical (unpaired) electrons. The average molecular weight is 170 g/mol. The molecule has 0 aromatic carbocycles. The molecule has 1 fully saturated rings. The van der Waals surface area contributed by atoms with Crippen LogP contribution in [0, 0.1) is 5.92 Å². The zero-order chi connectivity index (χ0) is 8.65. The van der Waals surface area contributed by atoms with Crippen LogP contribution in [0.25, 0.3) is 0 Å². The Morgan fingerprint density at radius 3 is 2.50 bits per heavy atom. The highest BCUT2D eigenvalue weighted by molar-refractivity contribution is 4.71. The molecule has 2 N–H and O–H groups in total. The summed E-state index contributed by atoms with van der Waals surface area (Å²) in [6.45, 7) is 6.86. The first-order valence-corrected chi connectivity index (χ1v) is 5.35. The van der Waals surface area contributed by atoms with Crippen molar-refractivity contribution in [2.75, 3.05) is 26.2 Å². The van der Waals surface area contributed by atoms with Crippen molar-refractivity contribution in [3.8, 4) is 0 Å². The van der Waals surface area contributed by atoms with Gasteiger partial charge in [0.2, 0.25) is 0 Å². The van der Waals surface area contributed by atoms with Crippen molar-refractivity contribution in [1.29, 1.82) is 0 Å². The van der Waals surface area contributed by atoms with Crippen LogP contribution in [-0.4, -0.2) is 26.2 Å². The van der Waals surface area contributed by atoms with E-state index in [1.54, 1.807) is 0 Å². The second-order valence-corrected chi connectivity index (χ2v) is 3.71. The minimum Gasteiger partial charge on any atom is -0.317 e. The maximum absolute atomic E-state index is 3.51. The van der Waals surface area contributed by atoms with Crippen LogP contribution in [0.4, 0.5) is 0 Å². The van der Waals surface area contributed by atoms with Crippen molar-refractivity contribution < 1.29 is 0 Å². The second kappa shape index (κ2) is 6.44. The van der Waals surface area contributed by atoms with Gasteiger partial charge in [-0.25, -0.2) is 0 Å². The third-order valence-corrected chi connectivity index (χ3v) is 2.61. The molecule has 2 nitrogen and oxygen atoms in total. The normalized spacial score (nSPS) is 17.8. The zero-order valence-electron chi connectivity index (χ0n) is 8.23. The Bertz CT molecular complexity index is 100. The first kappa shape index (κ1) is 10.0. The lowest BCUT2D eigenvalue weighted by molar-refractivity contribution is 0.301. The van der Waals surface area contributed by atoms with Crippen molar-refractivity contribution in [2.24, 2.45) is 5.92 Å². The second-order valence-electron chi connectivity index (χ2n) is 3.71. The molecule has 0 amide bonds. The lowest BCUT2D eigenvalue weighted by Crippen LogP contribution is -2.29. The van der Waals surface area contributed by atoms with Crippen LogP contribution in [0.1, 0.15) is 32.6 Å². The molecule has 0 saturated heterocycles. The predicted molar refractivity (Wildman–Crippen MR) is 53.4 cm³/mol. The molecule has 1 aliphatic carbocycles. The standard InChI is InChI=1S/C10H22N2/c1-2-11-7-4-8-12-9-10-5-3-6-10/h10-12H,2-9H2,1H3. The fourth-order valence-corrected chi connectivity index (χ4v) is 1.52. The van der Waals surface area contributed by atoms with Crippen LogP contribution < -0.4 is 10.6 Å². The Balaban J connectivity index is 1.70. The minimum absolute atomic E-state index is 1.00. The molecule has 0 aromatic heterocycles. The predicted octanol–water partition coefficient (Wildman–Crippen LogP) is 1.38. The molecule has 72 valence electrons. The van der Waals surface area contributed by atoms with Crippen molar-refractivity contribution in [1.82, 2.24) is 10.6 Å². The topological polar surface area (TPSA) is 24.1 Å². The SMILES string of the molecule is CCNCCCNCC1CCC1. The maximum atomic E-state index is 3.51. The first-order valence-electron chi connectivity index (χ1n) is 5.35. The number of nitrogens with one attached hydrogen (secondary N) is 2. The summed E-state index contributed by atoms with van der Waals surface area (Å²) in [6.07, 6.45) is 5.64. The summed E-state index contributed by atoms with van der Waals surface area (Å²) in [7, 11) is 0. The highest BCUT2D eigenvalue weighted by atomic mass is 14.9. The van der Waals surface area contributed by atoms with Gasteiger partial charge in [0.1, 0.15) is 0 Å². The summed E-state index contributed by atoms with van der Waals surface area (Å²) in [4.78, 5) is 0. The Kier molecular flexibility index (Phi) is 5.37. The van der Waals surface area contributed by atoms with Crippen LogP contribution in [-0.2, 0) is 0 Å². The molecule has 1 rings (SSSR count). The van der Waals surface area contributed by atoms with E-state index in [-0.39, 0.29) is 0 Å². The quantitative estimate of drug-likeness (QED) is 0.564. The van der Waals surface area contributed by atoms with Gasteiger partial charge in [-0.15, -0.1) is 0 Å². The molecule has 0 aliphatic heterocycles. The summed E-state index contributed by atoms with van der Waals surface area (Å²) in [5.74, 6) is 1.00. The Labute approximate surface area is 76.1 Å². The van der Waals surface area contributed by atoms with Crippen LogP contribution >= 0.6 is 0 Å². The molecule has 2 heteroatoms. The molecular formula is C10H22N2. The molecule has 0 heterocycles. The van der Waals surface area contributed by atoms with Gasteiger partial charge in [0, 0.05) is 0 Å². The van der Waals surface area contributed by atoms with E-state index in [0.29, 0.717) is 0 Å². The van der Waals surface area contributed by atoms with E-state index in [4.69, 9.17) is 0 Å². The van der Waals surface area contributed by atoms with E-state index in [1.165, 1.54) is 38.8 Å². The number of hydrogen-bond donors (Lipinski definition) is 2. The van der Waals surface area contributed by atoms with Gasteiger partial charge >= 0.3 is 0 Å². The molecule has 1 aliphatic rings. The molecule has 0 spiro atoms. The Morgan fingerprint density at radius 1 is 1.17 bits per heavy atom. The van der Waals surface area contributed by atoms with Crippen LogP contribution in [0.2, 0.25) is 0 Å². The molecular weight excluding hydrogens is 148 g/mol. The third kappa shape index (κ3) is 4.07. The van der Waals surface area contributed by atoms with Gasteiger partial charge in [-0.3, -0.25) is 0 Å². The van der Waals surface area contributed by atoms with E-state index in [2.05, 4.69) is 17.6 Å². The van der Waals surface area contributed by atoms with E-state index >= 15 is 0 Å². The van der Waals surface area contributed by atoms with Crippen LogP contribution in [0.15, 0.2) is 0 Å². The van der Waals surface area contributed by atoms with Gasteiger partial charge in [0.25, 0.3) is 0 Å². The van der Waals surface area contributed by atoms with Gasteiger partial charge in [-0.2, -0.15) is 0 Å². The molecule has 12 heavy (non-hydrogen) atoms. The molecule has 0 bridgehead atoms. The van der Waals surface area contributed by atoms with Crippen molar-refractivity contribution >= 4 is 0 Å². The fourth-order valence-electron chi connectivity index (χ4n) is 1.52. The highest BCUT2D eigenvalue weighted by Gasteiger charge is 2.15. The monoisotopic (exact) mass is 170 g/mol. The van der Waals surface area contributed by atoms with Crippen LogP contribution in [0.3, 0.4) is 0 Å². The van der Waals surface area contributed by atoms with Gasteiger partial charge in [-0.05, 0) is 51.4 Å². The summed E-state index contributed by atoms with van der Waals surface area (Å²) in [5.41, 5.74) is 0. The van der Waals surface area contributed by atoms with Crippen molar-refractivity contribution in [2.45, 2.75) is 32.6 Å². The van der Waals surface area contributed by atoms with E-state index in [1.807, 2.05) is 0 Å². The largest absolute Gasteiger partial charge is 0.317 e. The fraction of sp³-hybridized carbons (Fsp3) is 1.00. The third-order valence-electron chi connectivity index (χ3n) is 2.61. The first-order chi connectivity index (χ1) is 5.93. The summed E-state index contributed by atoms with van der Waals surface area (Å²) in [6, 6.07) is 0. The van der Waals surface area contributed by atoms with E-state index < -0.39 is 0 Å². The lowest BCUT2D eigenvalue weighted by Gasteiger charge is -2.25. The van der Waals surface area contributed by atoms with Gasteiger partial charge < -0.3 is 10.6 Å². The van der Waals surface area contributed by atoms with Crippen LogP contribution in [0.5, 0.6) is 0 Å². The molecule has 0 unspecified atom stereocenters. The summed E-state index contributed by atoms with van der Waals surface area (Å²) >= 11 is 0. The van der Waals surface area contributed by atoms with Gasteiger partial charge in [0.05, 0.1) is 0 Å². The highest BCUT2D eigenvalue weighted by Crippen LogP contribution is 2.24. The lowest BCUT2D eigenvalue weighted by atomic mass is 9.85. The van der Waals surface area contributed by atoms with Crippen molar-refractivity contribution in [3.63, 3.8) is 0 Å². The van der Waals surface area contributed by atoms with E-state index in [0.717, 1.165) is 19.0 Å². The maximum Gasteiger partial charge on any atom is -0.00205 e. The zero-order valence-corrected chi connectivity index (χ0v) is 8.23. The Morgan fingerprint density at radius 2 is 1.92 bits per heavy atom. The van der Waals surface area contributed by atoms with E-state index in [9.17, 15) is 0 Å². The van der Waals surface area contributed by atoms with Gasteiger partial charge in [0.15, 0.2) is 0 Å². The van der Waals surface area contributed by atoms with Crippen molar-refractivity contribution in [3.05, 3.63) is 0 Å². The molecule has 0 aromatic rings. The van der Waals surface area contributed by atoms with Gasteiger partial charge in [-0.1, -0.05) is 13.3 Å². The smallest absolute Gasteiger partial charge is 0.00205 e. The summed E-state index contributed by atoms with van der Waals surface area (Å²) < 4.78 is 0. The molecule has 1 saturated carbocycles. The summed E-state index contributed by atoms with van der Waals surface area (Å²) in [5, 5.41) is 6.83. The minimum atomic E-state index is 1.00. The average Bonchev–Trinajstić information content (AvgIpc) is 2.00. The Hall–Kier alpha value is -0.0800.